The minimum absolute atomic E-state index is 0.00577. The van der Waals surface area contributed by atoms with Crippen molar-refractivity contribution in [1.82, 2.24) is 0 Å². The van der Waals surface area contributed by atoms with Crippen molar-refractivity contribution >= 4 is 22.6 Å². The molecule has 2 rings (SSSR count). The van der Waals surface area contributed by atoms with Crippen LogP contribution in [-0.4, -0.2) is 30.8 Å². The van der Waals surface area contributed by atoms with E-state index >= 15 is 0 Å². The Balaban J connectivity index is 2.58. The van der Waals surface area contributed by atoms with Gasteiger partial charge in [-0.25, -0.2) is 9.78 Å². The molecule has 0 aliphatic heterocycles. The molecule has 0 unspecified atom stereocenters. The Kier molecular flexibility index (Phi) is 4.53. The van der Waals surface area contributed by atoms with Crippen LogP contribution in [0.15, 0.2) is 24.4 Å². The van der Waals surface area contributed by atoms with Crippen molar-refractivity contribution in [3.63, 3.8) is 0 Å². The average molecular weight is 275 g/mol. The fourth-order valence-corrected chi connectivity index (χ4v) is 2.10. The van der Waals surface area contributed by atoms with Gasteiger partial charge in [0.25, 0.3) is 0 Å². The van der Waals surface area contributed by atoms with E-state index in [1.54, 1.807) is 13.1 Å². The number of aliphatic hydroxyl groups is 1. The van der Waals surface area contributed by atoms with E-state index in [4.69, 9.17) is 9.84 Å². The summed E-state index contributed by atoms with van der Waals surface area (Å²) in [6.07, 6.45) is 1.63. The molecule has 0 atom stereocenters. The highest BCUT2D eigenvalue weighted by Crippen LogP contribution is 2.25. The Hall–Kier alpha value is -2.14. The normalized spacial score (nSPS) is 10.6. The number of aromatic nitrogens is 1. The lowest BCUT2D eigenvalue weighted by atomic mass is 10.1. The highest BCUT2D eigenvalue weighted by Gasteiger charge is 2.19. The second-order valence-corrected chi connectivity index (χ2v) is 4.50. The SMILES string of the molecule is CCOC(=O)c1c[nH+]c2ccc(C)cc2c1NCCO. The monoisotopic (exact) mass is 275 g/mol. The maximum absolute atomic E-state index is 12.0. The van der Waals surface area contributed by atoms with Gasteiger partial charge in [-0.2, -0.15) is 0 Å². The third kappa shape index (κ3) is 2.88. The molecule has 3 N–H and O–H groups in total. The van der Waals surface area contributed by atoms with Crippen molar-refractivity contribution < 1.29 is 19.6 Å². The van der Waals surface area contributed by atoms with Crippen LogP contribution in [0.2, 0.25) is 0 Å². The van der Waals surface area contributed by atoms with Crippen LogP contribution in [0, 0.1) is 6.92 Å². The molecular formula is C15H19N2O3+. The van der Waals surface area contributed by atoms with Gasteiger partial charge in [0.15, 0.2) is 6.20 Å². The van der Waals surface area contributed by atoms with Gasteiger partial charge in [0.05, 0.1) is 24.3 Å². The lowest BCUT2D eigenvalue weighted by Crippen LogP contribution is -2.17. The van der Waals surface area contributed by atoms with Crippen LogP contribution >= 0.6 is 0 Å². The molecule has 0 aliphatic carbocycles. The fourth-order valence-electron chi connectivity index (χ4n) is 2.10. The highest BCUT2D eigenvalue weighted by atomic mass is 16.5. The van der Waals surface area contributed by atoms with Gasteiger partial charge in [-0.1, -0.05) is 6.07 Å². The van der Waals surface area contributed by atoms with E-state index in [1.165, 1.54) is 0 Å². The molecule has 0 saturated heterocycles. The molecule has 2 aromatic rings. The minimum Gasteiger partial charge on any atom is -0.462 e. The number of hydrogen-bond donors (Lipinski definition) is 2. The topological polar surface area (TPSA) is 72.7 Å². The first-order chi connectivity index (χ1) is 9.67. The number of nitrogens with one attached hydrogen (secondary N) is 2. The molecule has 106 valence electrons. The molecule has 0 spiro atoms. The first-order valence-electron chi connectivity index (χ1n) is 6.64. The van der Waals surface area contributed by atoms with Gasteiger partial charge in [0.2, 0.25) is 5.52 Å². The van der Waals surface area contributed by atoms with Gasteiger partial charge in [-0.3, -0.25) is 0 Å². The second-order valence-electron chi connectivity index (χ2n) is 4.50. The van der Waals surface area contributed by atoms with Crippen LogP contribution in [0.25, 0.3) is 10.9 Å². The van der Waals surface area contributed by atoms with Crippen LogP contribution in [0.3, 0.4) is 0 Å². The van der Waals surface area contributed by atoms with Gasteiger partial charge in [-0.15, -0.1) is 0 Å². The number of aryl methyl sites for hydroxylation is 1. The fraction of sp³-hybridized carbons (Fsp3) is 0.333. The lowest BCUT2D eigenvalue weighted by molar-refractivity contribution is -0.344. The van der Waals surface area contributed by atoms with Crippen LogP contribution in [0.5, 0.6) is 0 Å². The Morgan fingerprint density at radius 2 is 2.25 bits per heavy atom. The van der Waals surface area contributed by atoms with Crippen molar-refractivity contribution in [1.29, 1.82) is 0 Å². The molecule has 0 bridgehead atoms. The average Bonchev–Trinajstić information content (AvgIpc) is 2.44. The van der Waals surface area contributed by atoms with E-state index in [-0.39, 0.29) is 12.6 Å². The number of esters is 1. The second kappa shape index (κ2) is 6.34. The molecule has 5 heteroatoms. The summed E-state index contributed by atoms with van der Waals surface area (Å²) in [6.45, 7) is 4.46. The summed E-state index contributed by atoms with van der Waals surface area (Å²) in [4.78, 5) is 15.1. The van der Waals surface area contributed by atoms with E-state index in [1.807, 2.05) is 25.1 Å². The summed E-state index contributed by atoms with van der Waals surface area (Å²) >= 11 is 0. The third-order valence-corrected chi connectivity index (χ3v) is 2.99. The number of carbonyl (C=O) groups is 1. The summed E-state index contributed by atoms with van der Waals surface area (Å²) in [5.41, 5.74) is 3.15. The molecule has 0 fully saturated rings. The molecule has 1 aromatic heterocycles. The van der Waals surface area contributed by atoms with Gasteiger partial charge in [0, 0.05) is 12.6 Å². The van der Waals surface area contributed by atoms with Crippen molar-refractivity contribution in [2.24, 2.45) is 0 Å². The Labute approximate surface area is 117 Å². The number of fused-ring (bicyclic) bond motifs is 1. The first-order valence-corrected chi connectivity index (χ1v) is 6.64. The van der Waals surface area contributed by atoms with E-state index in [0.717, 1.165) is 16.5 Å². The predicted molar refractivity (Wildman–Crippen MR) is 76.8 cm³/mol. The van der Waals surface area contributed by atoms with Crippen LogP contribution in [-0.2, 0) is 4.74 Å². The zero-order valence-electron chi connectivity index (χ0n) is 11.7. The molecule has 1 aromatic carbocycles. The molecule has 20 heavy (non-hydrogen) atoms. The first kappa shape index (κ1) is 14.3. The Bertz CT molecular complexity index is 626. The number of ether oxygens (including phenoxy) is 1. The number of aliphatic hydroxyl groups excluding tert-OH is 1. The zero-order chi connectivity index (χ0) is 14.5. The van der Waals surface area contributed by atoms with Crippen LogP contribution < -0.4 is 10.3 Å². The van der Waals surface area contributed by atoms with Crippen molar-refractivity contribution in [3.8, 4) is 0 Å². The molecule has 0 saturated carbocycles. The zero-order valence-corrected chi connectivity index (χ0v) is 11.7. The smallest absolute Gasteiger partial charge is 0.346 e. The third-order valence-electron chi connectivity index (χ3n) is 2.99. The number of benzene rings is 1. The van der Waals surface area contributed by atoms with Crippen molar-refractivity contribution in [3.05, 3.63) is 35.5 Å². The van der Waals surface area contributed by atoms with E-state index in [0.29, 0.717) is 24.4 Å². The minimum atomic E-state index is -0.382. The number of pyridine rings is 1. The standard InChI is InChI=1S/C15H18N2O3/c1-3-20-15(19)12-9-17-13-5-4-10(2)8-11(13)14(12)16-6-7-18/h4-5,8-9,18H,3,6-7H2,1-2H3,(H,16,17)/p+1. The number of hydrogen-bond acceptors (Lipinski definition) is 4. The maximum atomic E-state index is 12.0. The molecule has 0 aliphatic rings. The number of carbonyl (C=O) groups excluding carboxylic acids is 1. The summed E-state index contributed by atoms with van der Waals surface area (Å²) in [7, 11) is 0. The summed E-state index contributed by atoms with van der Waals surface area (Å²) in [5.74, 6) is -0.382. The van der Waals surface area contributed by atoms with Crippen molar-refractivity contribution in [2.75, 3.05) is 25.1 Å². The molecule has 5 nitrogen and oxygen atoms in total. The van der Waals surface area contributed by atoms with Gasteiger partial charge in [-0.05, 0) is 25.5 Å². The summed E-state index contributed by atoms with van der Waals surface area (Å²) < 4.78 is 5.07. The number of aromatic amines is 1. The van der Waals surface area contributed by atoms with Gasteiger partial charge in [0.1, 0.15) is 5.56 Å². The van der Waals surface area contributed by atoms with Gasteiger partial charge < -0.3 is 15.2 Å². The van der Waals surface area contributed by atoms with E-state index < -0.39 is 0 Å². The van der Waals surface area contributed by atoms with Crippen LogP contribution in [0.4, 0.5) is 5.69 Å². The molecule has 0 radical (unpaired) electrons. The van der Waals surface area contributed by atoms with Gasteiger partial charge >= 0.3 is 5.97 Å². The largest absolute Gasteiger partial charge is 0.462 e. The predicted octanol–water partition coefficient (Wildman–Crippen LogP) is 1.54. The Morgan fingerprint density at radius 3 is 2.95 bits per heavy atom. The molecule has 1 heterocycles. The van der Waals surface area contributed by atoms with Crippen molar-refractivity contribution in [2.45, 2.75) is 13.8 Å². The number of rotatable bonds is 5. The Morgan fingerprint density at radius 1 is 1.45 bits per heavy atom. The van der Waals surface area contributed by atoms with Crippen LogP contribution in [0.1, 0.15) is 22.8 Å². The quantitative estimate of drug-likeness (QED) is 0.812. The summed E-state index contributed by atoms with van der Waals surface area (Å²) in [6, 6.07) is 5.96. The van der Waals surface area contributed by atoms with E-state index in [2.05, 4.69) is 10.3 Å². The van der Waals surface area contributed by atoms with E-state index in [9.17, 15) is 4.79 Å². The maximum Gasteiger partial charge on any atom is 0.346 e. The number of anilines is 1. The molecule has 0 amide bonds. The molecular weight excluding hydrogens is 256 g/mol. The summed E-state index contributed by atoms with van der Waals surface area (Å²) in [5, 5.41) is 13.0. The number of H-pyrrole nitrogens is 1. The highest BCUT2D eigenvalue weighted by molar-refractivity contribution is 6.03. The lowest BCUT2D eigenvalue weighted by Gasteiger charge is -2.11.